The number of carbonyl (C=O) groups excluding carboxylic acids is 1. The van der Waals surface area contributed by atoms with Crippen LogP contribution in [0.1, 0.15) is 31.0 Å². The average molecular weight is 542 g/mol. The first-order valence-electron chi connectivity index (χ1n) is 11.2. The Morgan fingerprint density at radius 1 is 1.09 bits per heavy atom. The standard InChI is InChI=1S/C25H26BrClN6O/c1-2-3-12-28-25(34)30-14-17-8-10-18(11-9-17)29-15-19-13-23(20-6-4-5-7-22(20)27)32-24-21(26)16-31-33(19)24/h4-11,13,16,29H,2-3,12,14-15H2,1H3,(H2,28,30,34). The van der Waals surface area contributed by atoms with Gasteiger partial charge in [0.15, 0.2) is 5.65 Å². The van der Waals surface area contributed by atoms with Crippen molar-refractivity contribution < 1.29 is 4.79 Å². The van der Waals surface area contributed by atoms with Gasteiger partial charge in [-0.15, -0.1) is 0 Å². The van der Waals surface area contributed by atoms with Gasteiger partial charge in [-0.1, -0.05) is 55.3 Å². The van der Waals surface area contributed by atoms with Gasteiger partial charge in [-0.05, 0) is 52.2 Å². The normalized spacial score (nSPS) is 10.9. The van der Waals surface area contributed by atoms with Crippen molar-refractivity contribution in [1.82, 2.24) is 25.2 Å². The van der Waals surface area contributed by atoms with Gasteiger partial charge in [-0.25, -0.2) is 14.3 Å². The van der Waals surface area contributed by atoms with E-state index in [4.69, 9.17) is 16.6 Å². The van der Waals surface area contributed by atoms with E-state index in [0.29, 0.717) is 24.7 Å². The van der Waals surface area contributed by atoms with Crippen LogP contribution in [0.5, 0.6) is 0 Å². The maximum absolute atomic E-state index is 11.8. The summed E-state index contributed by atoms with van der Waals surface area (Å²) in [4.78, 5) is 16.6. The van der Waals surface area contributed by atoms with Crippen molar-refractivity contribution >= 4 is 44.9 Å². The summed E-state index contributed by atoms with van der Waals surface area (Å²) in [7, 11) is 0. The predicted molar refractivity (Wildman–Crippen MR) is 140 cm³/mol. The summed E-state index contributed by atoms with van der Waals surface area (Å²) in [5, 5.41) is 14.3. The molecule has 0 saturated carbocycles. The number of aromatic nitrogens is 3. The summed E-state index contributed by atoms with van der Waals surface area (Å²) in [6.07, 6.45) is 3.77. The maximum Gasteiger partial charge on any atom is 0.315 e. The van der Waals surface area contributed by atoms with E-state index in [0.717, 1.165) is 51.2 Å². The molecule has 0 fully saturated rings. The molecule has 2 aromatic carbocycles. The van der Waals surface area contributed by atoms with E-state index in [2.05, 4.69) is 43.9 Å². The second-order valence-corrected chi connectivity index (χ2v) is 9.12. The molecule has 0 bridgehead atoms. The molecule has 2 heterocycles. The molecule has 0 spiro atoms. The molecule has 2 amide bonds. The number of urea groups is 1. The van der Waals surface area contributed by atoms with E-state index < -0.39 is 0 Å². The zero-order valence-corrected chi connectivity index (χ0v) is 21.2. The average Bonchev–Trinajstić information content (AvgIpc) is 3.23. The van der Waals surface area contributed by atoms with Crippen molar-refractivity contribution in [3.63, 3.8) is 0 Å². The van der Waals surface area contributed by atoms with Crippen LogP contribution >= 0.6 is 27.5 Å². The summed E-state index contributed by atoms with van der Waals surface area (Å²) in [5.74, 6) is 0. The van der Waals surface area contributed by atoms with Crippen molar-refractivity contribution in [3.05, 3.63) is 81.5 Å². The van der Waals surface area contributed by atoms with Crippen LogP contribution in [0.4, 0.5) is 10.5 Å². The number of halogens is 2. The minimum absolute atomic E-state index is 0.142. The zero-order chi connectivity index (χ0) is 23.9. The molecule has 34 heavy (non-hydrogen) atoms. The molecule has 0 unspecified atom stereocenters. The van der Waals surface area contributed by atoms with E-state index in [1.165, 1.54) is 0 Å². The number of hydrogen-bond acceptors (Lipinski definition) is 4. The van der Waals surface area contributed by atoms with Gasteiger partial charge in [0.05, 0.1) is 28.6 Å². The highest BCUT2D eigenvalue weighted by atomic mass is 79.9. The van der Waals surface area contributed by atoms with E-state index in [1.807, 2.05) is 59.1 Å². The number of hydrogen-bond donors (Lipinski definition) is 3. The summed E-state index contributed by atoms with van der Waals surface area (Å²) in [6, 6.07) is 17.5. The van der Waals surface area contributed by atoms with Crippen molar-refractivity contribution in [3.8, 4) is 11.3 Å². The molecule has 3 N–H and O–H groups in total. The highest BCUT2D eigenvalue weighted by molar-refractivity contribution is 9.10. The molecule has 0 aliphatic rings. The SMILES string of the molecule is CCCCNC(=O)NCc1ccc(NCc2cc(-c3ccccc3Cl)nc3c(Br)cnn23)cc1. The number of carbonyl (C=O) groups is 1. The molecular formula is C25H26BrClN6O. The van der Waals surface area contributed by atoms with Crippen LogP contribution in [0.3, 0.4) is 0 Å². The fourth-order valence-electron chi connectivity index (χ4n) is 3.49. The van der Waals surface area contributed by atoms with Gasteiger partial charge in [0.2, 0.25) is 0 Å². The highest BCUT2D eigenvalue weighted by Crippen LogP contribution is 2.29. The van der Waals surface area contributed by atoms with Crippen LogP contribution < -0.4 is 16.0 Å². The molecule has 0 radical (unpaired) electrons. The quantitative estimate of drug-likeness (QED) is 0.226. The van der Waals surface area contributed by atoms with Crippen LogP contribution in [0.25, 0.3) is 16.9 Å². The fourth-order valence-corrected chi connectivity index (χ4v) is 4.07. The number of amides is 2. The second kappa shape index (κ2) is 11.4. The van der Waals surface area contributed by atoms with Crippen molar-refractivity contribution in [2.24, 2.45) is 0 Å². The Morgan fingerprint density at radius 3 is 2.65 bits per heavy atom. The molecule has 176 valence electrons. The lowest BCUT2D eigenvalue weighted by Gasteiger charge is -2.12. The Balaban J connectivity index is 1.44. The molecule has 4 rings (SSSR count). The number of unbranched alkanes of at least 4 members (excludes halogenated alkanes) is 1. The maximum atomic E-state index is 11.8. The van der Waals surface area contributed by atoms with E-state index in [9.17, 15) is 4.79 Å². The molecule has 2 aromatic heterocycles. The lowest BCUT2D eigenvalue weighted by atomic mass is 10.1. The third kappa shape index (κ3) is 5.87. The topological polar surface area (TPSA) is 83.4 Å². The van der Waals surface area contributed by atoms with E-state index >= 15 is 0 Å². The fraction of sp³-hybridized carbons (Fsp3) is 0.240. The van der Waals surface area contributed by atoms with Crippen LogP contribution in [0.15, 0.2) is 65.3 Å². The van der Waals surface area contributed by atoms with Gasteiger partial charge < -0.3 is 16.0 Å². The number of anilines is 1. The van der Waals surface area contributed by atoms with Crippen LogP contribution in [0, 0.1) is 0 Å². The van der Waals surface area contributed by atoms with Gasteiger partial charge >= 0.3 is 6.03 Å². The van der Waals surface area contributed by atoms with Gasteiger partial charge in [-0.2, -0.15) is 5.10 Å². The number of rotatable bonds is 9. The minimum Gasteiger partial charge on any atom is -0.379 e. The summed E-state index contributed by atoms with van der Waals surface area (Å²) in [6.45, 7) is 3.81. The molecule has 7 nitrogen and oxygen atoms in total. The largest absolute Gasteiger partial charge is 0.379 e. The number of nitrogens with one attached hydrogen (secondary N) is 3. The van der Waals surface area contributed by atoms with Crippen molar-refractivity contribution in [1.29, 1.82) is 0 Å². The molecule has 0 atom stereocenters. The van der Waals surface area contributed by atoms with Gasteiger partial charge in [-0.3, -0.25) is 0 Å². The first kappa shape index (κ1) is 24.0. The molecule has 4 aromatic rings. The van der Waals surface area contributed by atoms with Crippen LogP contribution in [0.2, 0.25) is 5.02 Å². The Morgan fingerprint density at radius 2 is 1.88 bits per heavy atom. The Hall–Kier alpha value is -3.10. The minimum atomic E-state index is -0.142. The van der Waals surface area contributed by atoms with Crippen molar-refractivity contribution in [2.45, 2.75) is 32.9 Å². The smallest absolute Gasteiger partial charge is 0.315 e. The van der Waals surface area contributed by atoms with E-state index in [1.54, 1.807) is 6.20 Å². The lowest BCUT2D eigenvalue weighted by molar-refractivity contribution is 0.240. The summed E-state index contributed by atoms with van der Waals surface area (Å²) < 4.78 is 2.63. The predicted octanol–water partition coefficient (Wildman–Crippen LogP) is 6.02. The first-order valence-corrected chi connectivity index (χ1v) is 12.3. The molecule has 0 saturated heterocycles. The number of fused-ring (bicyclic) bond motifs is 1. The monoisotopic (exact) mass is 540 g/mol. The third-order valence-electron chi connectivity index (χ3n) is 5.35. The highest BCUT2D eigenvalue weighted by Gasteiger charge is 2.13. The van der Waals surface area contributed by atoms with Gasteiger partial charge in [0, 0.05) is 29.4 Å². The van der Waals surface area contributed by atoms with E-state index in [-0.39, 0.29) is 6.03 Å². The summed E-state index contributed by atoms with van der Waals surface area (Å²) >= 11 is 9.96. The lowest BCUT2D eigenvalue weighted by Crippen LogP contribution is -2.35. The Bertz CT molecular complexity index is 1270. The number of benzene rings is 2. The van der Waals surface area contributed by atoms with Crippen molar-refractivity contribution in [2.75, 3.05) is 11.9 Å². The molecule has 0 aliphatic carbocycles. The van der Waals surface area contributed by atoms with Gasteiger partial charge in [0.1, 0.15) is 0 Å². The number of nitrogens with zero attached hydrogens (tertiary/aromatic N) is 3. The summed E-state index contributed by atoms with van der Waals surface area (Å²) in [5.41, 5.74) is 5.32. The van der Waals surface area contributed by atoms with Crippen LogP contribution in [-0.4, -0.2) is 27.2 Å². The molecule has 0 aliphatic heterocycles. The Kier molecular flexibility index (Phi) is 8.03. The first-order chi connectivity index (χ1) is 16.5. The molecule has 9 heteroatoms. The Labute approximate surface area is 212 Å². The zero-order valence-electron chi connectivity index (χ0n) is 18.8. The van der Waals surface area contributed by atoms with Crippen LogP contribution in [-0.2, 0) is 13.1 Å². The third-order valence-corrected chi connectivity index (χ3v) is 6.24. The van der Waals surface area contributed by atoms with Gasteiger partial charge in [0.25, 0.3) is 0 Å². The molecular weight excluding hydrogens is 516 g/mol. The second-order valence-electron chi connectivity index (χ2n) is 7.85.